The first-order valence-electron chi connectivity index (χ1n) is 16.9. The lowest BCUT2D eigenvalue weighted by Gasteiger charge is -2.30. The zero-order valence-corrected chi connectivity index (χ0v) is 27.2. The number of aromatic nitrogens is 8. The van der Waals surface area contributed by atoms with Crippen LogP contribution in [-0.4, -0.2) is 62.8 Å². The van der Waals surface area contributed by atoms with Crippen molar-refractivity contribution in [3.05, 3.63) is 133 Å². The highest BCUT2D eigenvalue weighted by Gasteiger charge is 2.24. The number of nitrogens with one attached hydrogen (secondary N) is 1. The number of aromatic amines is 1. The van der Waals surface area contributed by atoms with E-state index in [0.29, 0.717) is 11.7 Å². The van der Waals surface area contributed by atoms with E-state index in [2.05, 4.69) is 89.9 Å². The van der Waals surface area contributed by atoms with E-state index in [-0.39, 0.29) is 5.75 Å². The molecule has 9 rings (SSSR count). The molecule has 244 valence electrons. The van der Waals surface area contributed by atoms with Crippen LogP contribution in [0.4, 0.5) is 0 Å². The number of hydrogen-bond acceptors (Lipinski definition) is 8. The van der Waals surface area contributed by atoms with Gasteiger partial charge in [0.05, 0.1) is 11.2 Å². The van der Waals surface area contributed by atoms with Crippen molar-refractivity contribution in [2.75, 3.05) is 13.1 Å². The largest absolute Gasteiger partial charge is 0.508 e. The lowest BCUT2D eigenvalue weighted by molar-refractivity contribution is 0.202. The molecule has 0 spiro atoms. The van der Waals surface area contributed by atoms with E-state index >= 15 is 0 Å². The van der Waals surface area contributed by atoms with Crippen LogP contribution in [0, 0.1) is 0 Å². The molecule has 1 fully saturated rings. The summed E-state index contributed by atoms with van der Waals surface area (Å²) in [4.78, 5) is 15.5. The fourth-order valence-corrected chi connectivity index (χ4v) is 6.93. The number of piperidine rings is 1. The van der Waals surface area contributed by atoms with Crippen molar-refractivity contribution in [2.45, 2.75) is 25.3 Å². The van der Waals surface area contributed by atoms with Gasteiger partial charge in [0, 0.05) is 46.9 Å². The molecule has 0 bridgehead atoms. The minimum Gasteiger partial charge on any atom is -0.508 e. The van der Waals surface area contributed by atoms with Gasteiger partial charge in [-0.05, 0) is 85.6 Å². The van der Waals surface area contributed by atoms with Gasteiger partial charge >= 0.3 is 0 Å². The van der Waals surface area contributed by atoms with Crippen LogP contribution in [0.15, 0.2) is 122 Å². The van der Waals surface area contributed by atoms with Gasteiger partial charge in [-0.1, -0.05) is 60.7 Å². The highest BCUT2D eigenvalue weighted by Crippen LogP contribution is 2.36. The van der Waals surface area contributed by atoms with E-state index in [0.717, 1.165) is 94.3 Å². The normalized spacial score (nSPS) is 14.1. The van der Waals surface area contributed by atoms with Crippen LogP contribution in [0.1, 0.15) is 30.1 Å². The van der Waals surface area contributed by atoms with Crippen molar-refractivity contribution in [3.63, 3.8) is 0 Å². The Kier molecular flexibility index (Phi) is 7.55. The monoisotopic (exact) mass is 655 g/mol. The van der Waals surface area contributed by atoms with Gasteiger partial charge < -0.3 is 10.1 Å². The molecule has 0 atom stereocenters. The summed E-state index contributed by atoms with van der Waals surface area (Å²) < 4.78 is 1.98. The average molecular weight is 656 g/mol. The third kappa shape index (κ3) is 5.65. The molecule has 6 heterocycles. The number of phenolic OH excluding ortho intramolecular Hbond substituents is 1. The number of likely N-dealkylation sites (tertiary alicyclic amines) is 1. The number of phenols is 1. The molecule has 1 aliphatic rings. The Bertz CT molecular complexity index is 2410. The standard InChI is InChI=1S/C40H33N9O/c50-31-15-13-30(14-16-31)39-46-47-40-33-24-32(27-6-2-1-3-7-27)36(42-34(33)19-23-49(39)40)28-11-9-26(10-12-28)25-48-21-17-29(18-22-48)37-43-38(45-44-37)35-8-4-5-20-41-35/h1-16,19-20,23-24,29,50H,17-18,21-22,25H2,(H,43,44,45). The number of pyridine rings is 3. The molecule has 1 saturated heterocycles. The Morgan fingerprint density at radius 2 is 1.52 bits per heavy atom. The zero-order chi connectivity index (χ0) is 33.4. The Morgan fingerprint density at radius 3 is 2.30 bits per heavy atom. The molecule has 2 N–H and O–H groups in total. The third-order valence-corrected chi connectivity index (χ3v) is 9.60. The summed E-state index contributed by atoms with van der Waals surface area (Å²) in [5, 5.41) is 28.6. The van der Waals surface area contributed by atoms with Crippen LogP contribution in [0.2, 0.25) is 0 Å². The van der Waals surface area contributed by atoms with E-state index in [1.54, 1.807) is 18.3 Å². The number of fused-ring (bicyclic) bond motifs is 3. The number of H-pyrrole nitrogens is 1. The summed E-state index contributed by atoms with van der Waals surface area (Å²) in [5.74, 6) is 2.97. The average Bonchev–Trinajstić information content (AvgIpc) is 3.85. The molecule has 0 saturated carbocycles. The van der Waals surface area contributed by atoms with Crippen LogP contribution in [0.25, 0.3) is 61.8 Å². The zero-order valence-electron chi connectivity index (χ0n) is 27.2. The first kappa shape index (κ1) is 29.8. The fraction of sp³-hybridized carbons (Fsp3) is 0.150. The molecule has 0 radical (unpaired) electrons. The Labute approximate surface area is 288 Å². The Morgan fingerprint density at radius 1 is 0.740 bits per heavy atom. The Hall–Kier alpha value is -6.26. The van der Waals surface area contributed by atoms with Crippen LogP contribution in [0.5, 0.6) is 5.75 Å². The number of benzene rings is 3. The van der Waals surface area contributed by atoms with Gasteiger partial charge in [-0.2, -0.15) is 0 Å². The van der Waals surface area contributed by atoms with Crippen LogP contribution in [-0.2, 0) is 6.54 Å². The molecule has 10 heteroatoms. The lowest BCUT2D eigenvalue weighted by Crippen LogP contribution is -2.32. The molecule has 0 unspecified atom stereocenters. The second-order valence-electron chi connectivity index (χ2n) is 12.8. The lowest BCUT2D eigenvalue weighted by atomic mass is 9.95. The van der Waals surface area contributed by atoms with Gasteiger partial charge in [-0.25, -0.2) is 4.98 Å². The molecule has 10 nitrogen and oxygen atoms in total. The summed E-state index contributed by atoms with van der Waals surface area (Å²) in [5.41, 5.74) is 8.66. The number of rotatable bonds is 7. The molecular formula is C40H33N9O. The fourth-order valence-electron chi connectivity index (χ4n) is 6.93. The van der Waals surface area contributed by atoms with Crippen molar-refractivity contribution in [2.24, 2.45) is 0 Å². The highest BCUT2D eigenvalue weighted by atomic mass is 16.3. The van der Waals surface area contributed by atoms with Crippen molar-refractivity contribution in [1.82, 2.24) is 44.6 Å². The Balaban J connectivity index is 0.962. The van der Waals surface area contributed by atoms with E-state index in [1.165, 1.54) is 5.56 Å². The second kappa shape index (κ2) is 12.6. The smallest absolute Gasteiger partial charge is 0.179 e. The molecule has 50 heavy (non-hydrogen) atoms. The molecule has 5 aromatic heterocycles. The predicted octanol–water partition coefficient (Wildman–Crippen LogP) is 7.54. The molecule has 8 aromatic rings. The second-order valence-corrected chi connectivity index (χ2v) is 12.8. The molecule has 0 aliphatic carbocycles. The van der Waals surface area contributed by atoms with E-state index in [9.17, 15) is 5.11 Å². The van der Waals surface area contributed by atoms with Crippen molar-refractivity contribution in [1.29, 1.82) is 0 Å². The minimum absolute atomic E-state index is 0.213. The summed E-state index contributed by atoms with van der Waals surface area (Å²) in [6, 6.07) is 36.2. The van der Waals surface area contributed by atoms with Crippen molar-refractivity contribution >= 4 is 16.6 Å². The first-order valence-corrected chi connectivity index (χ1v) is 16.9. The maximum atomic E-state index is 9.77. The number of aromatic hydroxyl groups is 1. The van der Waals surface area contributed by atoms with E-state index in [1.807, 2.05) is 53.1 Å². The predicted molar refractivity (Wildman–Crippen MR) is 193 cm³/mol. The topological polar surface area (TPSA) is 121 Å². The van der Waals surface area contributed by atoms with E-state index in [4.69, 9.17) is 4.98 Å². The van der Waals surface area contributed by atoms with Gasteiger partial charge in [-0.3, -0.25) is 14.3 Å². The number of nitrogens with zero attached hydrogens (tertiary/aromatic N) is 8. The quantitative estimate of drug-likeness (QED) is 0.181. The van der Waals surface area contributed by atoms with Gasteiger partial charge in [0.15, 0.2) is 17.3 Å². The summed E-state index contributed by atoms with van der Waals surface area (Å²) >= 11 is 0. The SMILES string of the molecule is Oc1ccc(-c2nnc3c4cc(-c5ccccc5)c(-c5ccc(CN6CCC(c7nnc(-c8ccccn8)[nH]7)CC6)cc5)nc4ccn23)cc1. The summed E-state index contributed by atoms with van der Waals surface area (Å²) in [6.07, 6.45) is 5.81. The summed E-state index contributed by atoms with van der Waals surface area (Å²) in [6.45, 7) is 2.90. The molecule has 3 aromatic carbocycles. The van der Waals surface area contributed by atoms with Crippen LogP contribution < -0.4 is 0 Å². The number of hydrogen-bond donors (Lipinski definition) is 2. The maximum Gasteiger partial charge on any atom is 0.179 e. The van der Waals surface area contributed by atoms with E-state index < -0.39 is 0 Å². The molecule has 0 amide bonds. The van der Waals surface area contributed by atoms with Gasteiger partial charge in [0.2, 0.25) is 0 Å². The van der Waals surface area contributed by atoms with Crippen LogP contribution >= 0.6 is 0 Å². The van der Waals surface area contributed by atoms with Crippen LogP contribution in [0.3, 0.4) is 0 Å². The first-order chi connectivity index (χ1) is 24.7. The maximum absolute atomic E-state index is 9.77. The van der Waals surface area contributed by atoms with Gasteiger partial charge in [-0.15, -0.1) is 20.4 Å². The van der Waals surface area contributed by atoms with Crippen molar-refractivity contribution < 1.29 is 5.11 Å². The highest BCUT2D eigenvalue weighted by molar-refractivity contribution is 5.98. The molecule has 1 aliphatic heterocycles. The van der Waals surface area contributed by atoms with Crippen molar-refractivity contribution in [3.8, 4) is 51.0 Å². The minimum atomic E-state index is 0.213. The third-order valence-electron chi connectivity index (χ3n) is 9.60. The molecular weight excluding hydrogens is 623 g/mol. The van der Waals surface area contributed by atoms with Gasteiger partial charge in [0.25, 0.3) is 0 Å². The van der Waals surface area contributed by atoms with Gasteiger partial charge in [0.1, 0.15) is 17.3 Å². The summed E-state index contributed by atoms with van der Waals surface area (Å²) in [7, 11) is 0.